The van der Waals surface area contributed by atoms with Gasteiger partial charge >= 0.3 is 0 Å². The van der Waals surface area contributed by atoms with Crippen LogP contribution >= 0.6 is 28.1 Å². The van der Waals surface area contributed by atoms with Gasteiger partial charge in [-0.2, -0.15) is 0 Å². The first-order valence-corrected chi connectivity index (χ1v) is 14.0. The highest BCUT2D eigenvalue weighted by atomic mass is 79.9. The van der Waals surface area contributed by atoms with Crippen molar-refractivity contribution in [2.24, 2.45) is 0 Å². The molecular weight excluding hydrogens is 570 g/mol. The van der Waals surface area contributed by atoms with Crippen LogP contribution in [-0.2, 0) is 4.79 Å². The quantitative estimate of drug-likeness (QED) is 0.203. The predicted octanol–water partition coefficient (Wildman–Crippen LogP) is 6.79. The first-order chi connectivity index (χ1) is 19.1. The largest absolute Gasteiger partial charge is 0.352 e. The Morgan fingerprint density at radius 3 is 2.64 bits per heavy atom. The van der Waals surface area contributed by atoms with Gasteiger partial charge in [0.25, 0.3) is 0 Å². The Balaban J connectivity index is 1.29. The van der Waals surface area contributed by atoms with Crippen LogP contribution in [0.1, 0.15) is 29.9 Å². The lowest BCUT2D eigenvalue weighted by Crippen LogP contribution is -2.33. The third-order valence-electron chi connectivity index (χ3n) is 7.01. The number of rotatable bonds is 7. The Bertz CT molecular complexity index is 1650. The molecule has 1 amide bonds. The zero-order chi connectivity index (χ0) is 26.8. The molecule has 2 aromatic heterocycles. The molecule has 0 unspecified atom stereocenters. The molecule has 8 heteroatoms. The lowest BCUT2D eigenvalue weighted by molar-refractivity contribution is -0.116. The molecule has 0 bridgehead atoms. The molecule has 0 saturated carbocycles. The number of amides is 1. The van der Waals surface area contributed by atoms with E-state index in [1.54, 1.807) is 6.20 Å². The Kier molecular flexibility index (Phi) is 7.13. The highest BCUT2D eigenvalue weighted by Crippen LogP contribution is 2.39. The number of nitrogens with one attached hydrogen (secondary N) is 2. The van der Waals surface area contributed by atoms with Gasteiger partial charge in [-0.05, 0) is 66.1 Å². The van der Waals surface area contributed by atoms with E-state index in [4.69, 9.17) is 12.2 Å². The third kappa shape index (κ3) is 5.17. The fourth-order valence-electron chi connectivity index (χ4n) is 5.23. The molecule has 0 aliphatic carbocycles. The first-order valence-electron chi connectivity index (χ1n) is 12.8. The van der Waals surface area contributed by atoms with E-state index in [0.717, 1.165) is 38.0 Å². The summed E-state index contributed by atoms with van der Waals surface area (Å²) in [6.45, 7) is 0.458. The molecule has 1 saturated heterocycles. The van der Waals surface area contributed by atoms with E-state index < -0.39 is 0 Å². The minimum absolute atomic E-state index is 0.0587. The number of anilines is 1. The molecule has 0 radical (unpaired) electrons. The van der Waals surface area contributed by atoms with Crippen molar-refractivity contribution in [3.8, 4) is 5.69 Å². The molecule has 194 valence electrons. The lowest BCUT2D eigenvalue weighted by atomic mass is 10.0. The van der Waals surface area contributed by atoms with E-state index in [1.165, 1.54) is 0 Å². The number of thiocarbonyl (C=S) groups is 1. The van der Waals surface area contributed by atoms with Crippen LogP contribution in [0.5, 0.6) is 0 Å². The summed E-state index contributed by atoms with van der Waals surface area (Å²) >= 11 is 9.43. The molecule has 6 nitrogen and oxygen atoms in total. The minimum Gasteiger partial charge on any atom is -0.352 e. The fourth-order valence-corrected chi connectivity index (χ4v) is 5.95. The summed E-state index contributed by atoms with van der Waals surface area (Å²) in [7, 11) is 0. The van der Waals surface area contributed by atoms with Crippen molar-refractivity contribution >= 4 is 55.6 Å². The summed E-state index contributed by atoms with van der Waals surface area (Å²) in [5.74, 6) is -0.0587. The summed E-state index contributed by atoms with van der Waals surface area (Å²) < 4.78 is 3.17. The number of halogens is 1. The van der Waals surface area contributed by atoms with Crippen LogP contribution in [0.2, 0.25) is 0 Å². The van der Waals surface area contributed by atoms with Crippen LogP contribution < -0.4 is 10.6 Å². The molecule has 1 aliphatic rings. The van der Waals surface area contributed by atoms with Crippen molar-refractivity contribution in [1.82, 2.24) is 19.8 Å². The van der Waals surface area contributed by atoms with Gasteiger partial charge in [0.05, 0.1) is 17.8 Å². The minimum atomic E-state index is -0.166. The number of hydrogen-bond donors (Lipinski definition) is 2. The molecule has 2 atom stereocenters. The van der Waals surface area contributed by atoms with E-state index in [0.29, 0.717) is 11.7 Å². The lowest BCUT2D eigenvalue weighted by Gasteiger charge is -2.29. The molecule has 3 heterocycles. The topological polar surface area (TPSA) is 62.2 Å². The maximum Gasteiger partial charge on any atom is 0.226 e. The van der Waals surface area contributed by atoms with Gasteiger partial charge in [0, 0.05) is 52.3 Å². The van der Waals surface area contributed by atoms with E-state index in [1.807, 2.05) is 78.9 Å². The second-order valence-electron chi connectivity index (χ2n) is 9.43. The monoisotopic (exact) mass is 595 g/mol. The van der Waals surface area contributed by atoms with E-state index in [-0.39, 0.29) is 24.4 Å². The smallest absolute Gasteiger partial charge is 0.226 e. The number of carbonyl (C=O) groups is 1. The van der Waals surface area contributed by atoms with Crippen molar-refractivity contribution in [3.05, 3.63) is 125 Å². The summed E-state index contributed by atoms with van der Waals surface area (Å²) in [5, 5.41) is 9.31. The predicted molar refractivity (Wildman–Crippen MR) is 163 cm³/mol. The Morgan fingerprint density at radius 2 is 1.79 bits per heavy atom. The van der Waals surface area contributed by atoms with Gasteiger partial charge in [-0.3, -0.25) is 9.78 Å². The summed E-state index contributed by atoms with van der Waals surface area (Å²) in [4.78, 5) is 19.9. The normalized spacial score (nSPS) is 16.8. The number of carbonyl (C=O) groups excluding carboxylic acids is 1. The van der Waals surface area contributed by atoms with Crippen molar-refractivity contribution < 1.29 is 4.79 Å². The van der Waals surface area contributed by atoms with Crippen LogP contribution in [-0.4, -0.2) is 32.0 Å². The van der Waals surface area contributed by atoms with Crippen molar-refractivity contribution in [3.63, 3.8) is 0 Å². The first kappa shape index (κ1) is 25.3. The number of aromatic nitrogens is 2. The zero-order valence-electron chi connectivity index (χ0n) is 21.0. The molecule has 39 heavy (non-hydrogen) atoms. The van der Waals surface area contributed by atoms with Crippen LogP contribution in [0, 0.1) is 0 Å². The van der Waals surface area contributed by atoms with Crippen LogP contribution in [0.15, 0.2) is 114 Å². The van der Waals surface area contributed by atoms with Crippen molar-refractivity contribution in [2.45, 2.75) is 18.5 Å². The molecule has 0 spiro atoms. The molecule has 6 rings (SSSR count). The van der Waals surface area contributed by atoms with Gasteiger partial charge in [-0.25, -0.2) is 0 Å². The average molecular weight is 597 g/mol. The molecular formula is C31H26BrN5OS. The van der Waals surface area contributed by atoms with Crippen LogP contribution in [0.25, 0.3) is 16.5 Å². The van der Waals surface area contributed by atoms with Gasteiger partial charge in [0.1, 0.15) is 0 Å². The maximum absolute atomic E-state index is 13.2. The van der Waals surface area contributed by atoms with Crippen molar-refractivity contribution in [1.29, 1.82) is 0 Å². The van der Waals surface area contributed by atoms with Gasteiger partial charge < -0.3 is 20.1 Å². The SMILES string of the molecule is O=C(CCN1C(=S)N[C@H](c2ccccn2)[C@H]1c1cccn1-c1cccc(Br)c1)Nc1cccc2ccccc12. The zero-order valence-corrected chi connectivity index (χ0v) is 23.4. The Morgan fingerprint density at radius 1 is 0.974 bits per heavy atom. The number of pyridine rings is 1. The second kappa shape index (κ2) is 11.0. The highest BCUT2D eigenvalue weighted by Gasteiger charge is 2.41. The molecule has 1 fully saturated rings. The van der Waals surface area contributed by atoms with Gasteiger partial charge in [-0.15, -0.1) is 0 Å². The van der Waals surface area contributed by atoms with Gasteiger partial charge in [0.2, 0.25) is 5.91 Å². The fraction of sp³-hybridized carbons (Fsp3) is 0.129. The summed E-state index contributed by atoms with van der Waals surface area (Å²) in [6.07, 6.45) is 4.14. The van der Waals surface area contributed by atoms with Crippen LogP contribution in [0.3, 0.4) is 0 Å². The highest BCUT2D eigenvalue weighted by molar-refractivity contribution is 9.10. The van der Waals surface area contributed by atoms with E-state index in [2.05, 4.69) is 65.4 Å². The van der Waals surface area contributed by atoms with E-state index >= 15 is 0 Å². The maximum atomic E-state index is 13.2. The Labute approximate surface area is 240 Å². The van der Waals surface area contributed by atoms with Crippen LogP contribution in [0.4, 0.5) is 5.69 Å². The second-order valence-corrected chi connectivity index (χ2v) is 10.7. The summed E-state index contributed by atoms with van der Waals surface area (Å²) in [5.41, 5.74) is 3.81. The number of nitrogens with zero attached hydrogens (tertiary/aromatic N) is 3. The van der Waals surface area contributed by atoms with Gasteiger partial charge in [0.15, 0.2) is 5.11 Å². The average Bonchev–Trinajstić information content (AvgIpc) is 3.57. The molecule has 1 aliphatic heterocycles. The molecule has 5 aromatic rings. The third-order valence-corrected chi connectivity index (χ3v) is 7.86. The van der Waals surface area contributed by atoms with Crippen molar-refractivity contribution in [2.75, 3.05) is 11.9 Å². The van der Waals surface area contributed by atoms with E-state index in [9.17, 15) is 4.79 Å². The molecule has 3 aromatic carbocycles. The number of fused-ring (bicyclic) bond motifs is 1. The van der Waals surface area contributed by atoms with Gasteiger partial charge in [-0.1, -0.05) is 64.5 Å². The summed E-state index contributed by atoms with van der Waals surface area (Å²) in [6, 6.07) is 31.9. The Hall–Kier alpha value is -4.01. The molecule has 2 N–H and O–H groups in total. The standard InChI is InChI=1S/C31H26BrN5OS/c32-22-10-6-11-23(20-22)36-18-7-15-27(36)30-29(26-13-3-4-17-33-26)35-31(39)37(30)19-16-28(38)34-25-14-5-9-21-8-1-2-12-24(21)25/h1-15,17-18,20,29-30H,16,19H2,(H,34,38)(H,35,39)/t29-,30-/m1/s1. The number of hydrogen-bond acceptors (Lipinski definition) is 3. The number of benzene rings is 3.